The van der Waals surface area contributed by atoms with Crippen LogP contribution in [-0.4, -0.2) is 50.9 Å². The van der Waals surface area contributed by atoms with Crippen molar-refractivity contribution in [1.29, 1.82) is 0 Å². The number of rotatable bonds is 6. The number of benzene rings is 1. The molecule has 2 saturated heterocycles. The predicted molar refractivity (Wildman–Crippen MR) is 110 cm³/mol. The van der Waals surface area contributed by atoms with E-state index in [-0.39, 0.29) is 18.6 Å². The zero-order chi connectivity index (χ0) is 25.4. The summed E-state index contributed by atoms with van der Waals surface area (Å²) in [6.07, 6.45) is -5.75. The number of nitrogens with one attached hydrogen (secondary N) is 1. The summed E-state index contributed by atoms with van der Waals surface area (Å²) in [6.45, 7) is -1.24. The molecule has 14 nitrogen and oxygen atoms in total. The summed E-state index contributed by atoms with van der Waals surface area (Å²) in [5.74, 6) is -2.35. The average molecular weight is 517 g/mol. The van der Waals surface area contributed by atoms with Gasteiger partial charge in [-0.1, -0.05) is 17.2 Å². The van der Waals surface area contributed by atoms with Crippen LogP contribution in [0.4, 0.5) is 8.78 Å². The molecule has 0 amide bonds. The fraction of sp³-hybridized carbons (Fsp3) is 0.444. The maximum absolute atomic E-state index is 14.2. The maximum Gasteiger partial charge on any atom is 0.475 e. The smallest absolute Gasteiger partial charge is 0.387 e. The molecule has 0 aliphatic carbocycles. The van der Waals surface area contributed by atoms with E-state index in [0.717, 1.165) is 22.9 Å². The van der Waals surface area contributed by atoms with Crippen LogP contribution in [0.3, 0.4) is 0 Å². The lowest BCUT2D eigenvalue weighted by atomic mass is 10.1. The Kier molecular flexibility index (Phi) is 6.90. The lowest BCUT2D eigenvalue weighted by Gasteiger charge is -2.32. The Hall–Kier alpha value is -2.94. The first kappa shape index (κ1) is 25.2. The summed E-state index contributed by atoms with van der Waals surface area (Å²) in [5.41, 5.74) is 4.61. The number of phosphoric acid groups is 1. The quantitative estimate of drug-likeness (QED) is 0.219. The number of aliphatic hydroxyl groups excluding tert-OH is 2. The van der Waals surface area contributed by atoms with Gasteiger partial charge < -0.3 is 14.9 Å². The minimum Gasteiger partial charge on any atom is -0.387 e. The monoisotopic (exact) mass is 517 g/mol. The van der Waals surface area contributed by atoms with Crippen LogP contribution in [-0.2, 0) is 22.9 Å². The standard InChI is InChI=1S/C18H18F2N5O9P/c19-10-3-1-2-9(13(10)20)11-5-7-31-35(30,34-11)32-8-18(23-24-21)15(28)14(27)16(33-18)25-6-4-12(26)22-17(25)29/h1-4,6,11,14-16,27-28H,5,7-8H2,(H,22,26,29)/t11-,14-,15+,16-,18-,35+/m1/s1. The van der Waals surface area contributed by atoms with E-state index in [2.05, 4.69) is 10.0 Å². The van der Waals surface area contributed by atoms with Gasteiger partial charge in [0.2, 0.25) is 5.72 Å². The van der Waals surface area contributed by atoms with Crippen LogP contribution in [0.25, 0.3) is 10.4 Å². The van der Waals surface area contributed by atoms with Crippen molar-refractivity contribution in [3.05, 3.63) is 78.9 Å². The molecule has 0 radical (unpaired) electrons. The van der Waals surface area contributed by atoms with E-state index in [9.17, 15) is 33.1 Å². The zero-order valence-corrected chi connectivity index (χ0v) is 18.5. The third kappa shape index (κ3) is 4.78. The number of phosphoric ester groups is 1. The Morgan fingerprint density at radius 3 is 2.83 bits per heavy atom. The fourth-order valence-corrected chi connectivity index (χ4v) is 5.06. The molecule has 1 aromatic heterocycles. The molecule has 2 aromatic rings. The van der Waals surface area contributed by atoms with Crippen molar-refractivity contribution in [2.45, 2.75) is 36.7 Å². The number of aromatic amines is 1. The SMILES string of the molecule is [N-]=[N+]=N[C@]1(CO[P@]2(=O)OCC[C@H](c3cccc(F)c3F)O2)O[C@@H](n2ccc(=O)[nH]c2=O)[C@H](O)[C@@H]1O. The van der Waals surface area contributed by atoms with Crippen LogP contribution in [0.15, 0.2) is 45.2 Å². The van der Waals surface area contributed by atoms with E-state index in [1.807, 2.05) is 4.98 Å². The first-order chi connectivity index (χ1) is 16.6. The highest BCUT2D eigenvalue weighted by Gasteiger charge is 2.56. The minimum absolute atomic E-state index is 0.00422. The van der Waals surface area contributed by atoms with Crippen molar-refractivity contribution in [1.82, 2.24) is 9.55 Å². The summed E-state index contributed by atoms with van der Waals surface area (Å²) >= 11 is 0. The number of ether oxygens (including phenoxy) is 1. The molecule has 35 heavy (non-hydrogen) atoms. The highest BCUT2D eigenvalue weighted by atomic mass is 31.2. The van der Waals surface area contributed by atoms with E-state index in [1.54, 1.807) is 0 Å². The molecule has 2 fully saturated rings. The van der Waals surface area contributed by atoms with Crippen molar-refractivity contribution < 1.29 is 41.9 Å². The topological polar surface area (TPSA) is 198 Å². The van der Waals surface area contributed by atoms with Gasteiger partial charge in [-0.25, -0.2) is 18.1 Å². The third-order valence-corrected chi connectivity index (χ3v) is 6.84. The average Bonchev–Trinajstić information content (AvgIpc) is 3.05. The summed E-state index contributed by atoms with van der Waals surface area (Å²) in [7, 11) is -4.50. The number of azide groups is 1. The normalized spacial score (nSPS) is 32.8. The number of nitrogens with zero attached hydrogens (tertiary/aromatic N) is 4. The molecular weight excluding hydrogens is 499 g/mol. The van der Waals surface area contributed by atoms with Crippen LogP contribution in [0, 0.1) is 11.6 Å². The van der Waals surface area contributed by atoms with E-state index >= 15 is 0 Å². The number of hydrogen-bond donors (Lipinski definition) is 3. The summed E-state index contributed by atoms with van der Waals surface area (Å²) < 4.78 is 62.5. The van der Waals surface area contributed by atoms with Gasteiger partial charge >= 0.3 is 13.5 Å². The fourth-order valence-electron chi connectivity index (χ4n) is 3.66. The summed E-state index contributed by atoms with van der Waals surface area (Å²) in [4.78, 5) is 27.9. The van der Waals surface area contributed by atoms with Gasteiger partial charge in [-0.2, -0.15) is 0 Å². The number of H-pyrrole nitrogens is 1. The van der Waals surface area contributed by atoms with Gasteiger partial charge in [-0.05, 0) is 11.6 Å². The Morgan fingerprint density at radius 1 is 1.34 bits per heavy atom. The van der Waals surface area contributed by atoms with E-state index in [0.29, 0.717) is 0 Å². The van der Waals surface area contributed by atoms with Gasteiger partial charge in [-0.15, -0.1) is 0 Å². The van der Waals surface area contributed by atoms with Crippen LogP contribution in [0.2, 0.25) is 0 Å². The highest BCUT2D eigenvalue weighted by molar-refractivity contribution is 7.48. The van der Waals surface area contributed by atoms with Gasteiger partial charge in [0, 0.05) is 29.2 Å². The Labute approximate surface area is 193 Å². The minimum atomic E-state index is -4.50. The van der Waals surface area contributed by atoms with Crippen molar-refractivity contribution in [3.63, 3.8) is 0 Å². The molecule has 2 aliphatic rings. The number of aliphatic hydroxyl groups is 2. The molecule has 4 rings (SSSR count). The second kappa shape index (κ2) is 9.60. The van der Waals surface area contributed by atoms with Crippen LogP contribution < -0.4 is 11.2 Å². The highest BCUT2D eigenvalue weighted by Crippen LogP contribution is 2.58. The van der Waals surface area contributed by atoms with Gasteiger partial charge in [-0.3, -0.25) is 27.9 Å². The second-order valence-corrected chi connectivity index (χ2v) is 9.20. The molecule has 2 aliphatic heterocycles. The van der Waals surface area contributed by atoms with Crippen LogP contribution >= 0.6 is 7.82 Å². The molecule has 0 spiro atoms. The van der Waals surface area contributed by atoms with Crippen molar-refractivity contribution in [3.8, 4) is 0 Å². The third-order valence-electron chi connectivity index (χ3n) is 5.39. The van der Waals surface area contributed by atoms with E-state index < -0.39 is 67.6 Å². The van der Waals surface area contributed by atoms with E-state index in [1.165, 1.54) is 12.1 Å². The second-order valence-electron chi connectivity index (χ2n) is 7.58. The first-order valence-electron chi connectivity index (χ1n) is 10.0. The van der Waals surface area contributed by atoms with Gasteiger partial charge in [0.25, 0.3) is 5.56 Å². The lowest BCUT2D eigenvalue weighted by molar-refractivity contribution is -0.127. The molecule has 0 bridgehead atoms. The van der Waals surface area contributed by atoms with Crippen molar-refractivity contribution in [2.24, 2.45) is 5.11 Å². The summed E-state index contributed by atoms with van der Waals surface area (Å²) in [6, 6.07) is 4.30. The van der Waals surface area contributed by atoms with Gasteiger partial charge in [0.05, 0.1) is 19.3 Å². The first-order valence-corrected chi connectivity index (χ1v) is 11.5. The zero-order valence-electron chi connectivity index (χ0n) is 17.6. The number of halogens is 2. The maximum atomic E-state index is 14.2. The summed E-state index contributed by atoms with van der Waals surface area (Å²) in [5, 5.41) is 24.3. The largest absolute Gasteiger partial charge is 0.475 e. The van der Waals surface area contributed by atoms with Crippen molar-refractivity contribution >= 4 is 7.82 Å². The Balaban J connectivity index is 1.57. The van der Waals surface area contributed by atoms with E-state index in [4.69, 9.17) is 23.8 Å². The molecular formula is C18H18F2N5O9P. The van der Waals surface area contributed by atoms with Gasteiger partial charge in [0.1, 0.15) is 12.2 Å². The number of aromatic nitrogens is 2. The molecule has 6 atom stereocenters. The Morgan fingerprint density at radius 2 is 2.11 bits per heavy atom. The molecule has 0 unspecified atom stereocenters. The molecule has 188 valence electrons. The molecule has 3 heterocycles. The molecule has 1 aromatic carbocycles. The van der Waals surface area contributed by atoms with Crippen molar-refractivity contribution in [2.75, 3.05) is 13.2 Å². The molecule has 3 N–H and O–H groups in total. The van der Waals surface area contributed by atoms with Crippen LogP contribution in [0.5, 0.6) is 0 Å². The molecule has 17 heteroatoms. The molecule has 0 saturated carbocycles. The lowest BCUT2D eigenvalue weighted by Crippen LogP contribution is -2.45. The predicted octanol–water partition coefficient (Wildman–Crippen LogP) is 1.37. The van der Waals surface area contributed by atoms with Crippen LogP contribution in [0.1, 0.15) is 24.3 Å². The number of hydrogen-bond acceptors (Lipinski definition) is 10. The Bertz CT molecular complexity index is 1330. The van der Waals surface area contributed by atoms with Gasteiger partial charge in [0.15, 0.2) is 17.9 Å².